The van der Waals surface area contributed by atoms with Crippen LogP contribution in [0, 0.1) is 0 Å². The van der Waals surface area contributed by atoms with E-state index in [1.54, 1.807) is 0 Å². The number of hydrogen-bond donors (Lipinski definition) is 1. The predicted molar refractivity (Wildman–Crippen MR) is 102 cm³/mol. The van der Waals surface area contributed by atoms with Crippen molar-refractivity contribution in [3.63, 3.8) is 0 Å². The second-order valence-corrected chi connectivity index (χ2v) is 7.09. The third kappa shape index (κ3) is 17.8. The smallest absolute Gasteiger partial charge is 0.305 e. The molecule has 0 amide bonds. The lowest BCUT2D eigenvalue weighted by Gasteiger charge is -2.10. The normalized spacial score (nSPS) is 12.3. The topological polar surface area (TPSA) is 46.5 Å². The lowest BCUT2D eigenvalue weighted by Crippen LogP contribution is -2.12. The largest absolute Gasteiger partial charge is 0.466 e. The van der Waals surface area contributed by atoms with Crippen LogP contribution in [0.2, 0.25) is 0 Å². The lowest BCUT2D eigenvalue weighted by molar-refractivity contribution is -0.144. The van der Waals surface area contributed by atoms with Crippen LogP contribution in [0.15, 0.2) is 0 Å². The number of esters is 1. The number of ether oxygens (including phenoxy) is 1. The Balaban J connectivity index is 3.22. The van der Waals surface area contributed by atoms with Gasteiger partial charge in [0.15, 0.2) is 0 Å². The molecule has 3 heteroatoms. The Hall–Kier alpha value is -0.570. The molecule has 0 aliphatic rings. The van der Waals surface area contributed by atoms with Gasteiger partial charge in [-0.1, -0.05) is 90.9 Å². The molecule has 3 nitrogen and oxygen atoms in total. The molecule has 0 rings (SSSR count). The predicted octanol–water partition coefficient (Wildman–Crippen LogP) is 6.17. The number of unbranched alkanes of at least 4 members (excludes halogenated alkanes) is 11. The van der Waals surface area contributed by atoms with Crippen molar-refractivity contribution in [3.8, 4) is 0 Å². The van der Waals surface area contributed by atoms with Gasteiger partial charge in [0.25, 0.3) is 0 Å². The maximum Gasteiger partial charge on any atom is 0.305 e. The summed E-state index contributed by atoms with van der Waals surface area (Å²) in [6, 6.07) is 0. The molecular formula is C21H42O3. The zero-order valence-electron chi connectivity index (χ0n) is 16.4. The van der Waals surface area contributed by atoms with Gasteiger partial charge in [-0.05, 0) is 19.3 Å². The number of aliphatic hydroxyl groups is 1. The van der Waals surface area contributed by atoms with Crippen LogP contribution in [-0.4, -0.2) is 23.8 Å². The molecular weight excluding hydrogens is 300 g/mol. The van der Waals surface area contributed by atoms with Crippen molar-refractivity contribution in [2.24, 2.45) is 0 Å². The maximum absolute atomic E-state index is 11.3. The van der Waals surface area contributed by atoms with Gasteiger partial charge in [-0.25, -0.2) is 0 Å². The first-order valence-electron chi connectivity index (χ1n) is 10.5. The van der Waals surface area contributed by atoms with E-state index < -0.39 is 0 Å². The van der Waals surface area contributed by atoms with Crippen LogP contribution in [-0.2, 0) is 9.53 Å². The molecule has 1 N–H and O–H groups in total. The van der Waals surface area contributed by atoms with Gasteiger partial charge >= 0.3 is 5.97 Å². The van der Waals surface area contributed by atoms with E-state index in [0.29, 0.717) is 19.4 Å². The molecule has 0 bridgehead atoms. The number of carbonyl (C=O) groups excluding carboxylic acids is 1. The number of hydrogen-bond acceptors (Lipinski definition) is 3. The van der Waals surface area contributed by atoms with Crippen molar-refractivity contribution >= 4 is 5.97 Å². The van der Waals surface area contributed by atoms with E-state index in [1.807, 2.05) is 6.92 Å². The van der Waals surface area contributed by atoms with Gasteiger partial charge in [0, 0.05) is 6.42 Å². The minimum absolute atomic E-state index is 0.175. The Bertz CT molecular complexity index is 266. The first-order chi connectivity index (χ1) is 11.7. The first-order valence-corrected chi connectivity index (χ1v) is 10.5. The highest BCUT2D eigenvalue weighted by Gasteiger charge is 2.08. The molecule has 0 aromatic rings. The quantitative estimate of drug-likeness (QED) is 0.239. The number of carbonyl (C=O) groups is 1. The van der Waals surface area contributed by atoms with Crippen LogP contribution < -0.4 is 0 Å². The first kappa shape index (κ1) is 23.4. The standard InChI is InChI=1S/C21H42O3/c1-3-5-6-7-8-9-10-11-12-13-14-15-16-20(22)17-18-21(23)24-19-4-2/h20,22H,3-19H2,1-2H3. The van der Waals surface area contributed by atoms with Crippen molar-refractivity contribution in [3.05, 3.63) is 0 Å². The summed E-state index contributed by atoms with van der Waals surface area (Å²) < 4.78 is 5.01. The van der Waals surface area contributed by atoms with Crippen LogP contribution in [0.5, 0.6) is 0 Å². The van der Waals surface area contributed by atoms with Crippen LogP contribution in [0.4, 0.5) is 0 Å². The van der Waals surface area contributed by atoms with Crippen molar-refractivity contribution < 1.29 is 14.6 Å². The summed E-state index contributed by atoms with van der Waals surface area (Å²) in [5.74, 6) is -0.175. The molecule has 0 fully saturated rings. The van der Waals surface area contributed by atoms with Crippen molar-refractivity contribution in [2.45, 2.75) is 123 Å². The zero-order valence-corrected chi connectivity index (χ0v) is 16.4. The van der Waals surface area contributed by atoms with Gasteiger partial charge in [0.05, 0.1) is 12.7 Å². The van der Waals surface area contributed by atoms with Gasteiger partial charge in [-0.15, -0.1) is 0 Å². The Kier molecular flexibility index (Phi) is 18.3. The Morgan fingerprint density at radius 1 is 0.750 bits per heavy atom. The number of aliphatic hydroxyl groups excluding tert-OH is 1. The average Bonchev–Trinajstić information content (AvgIpc) is 2.59. The van der Waals surface area contributed by atoms with E-state index in [4.69, 9.17) is 4.74 Å². The zero-order chi connectivity index (χ0) is 17.9. The third-order valence-corrected chi connectivity index (χ3v) is 4.54. The van der Waals surface area contributed by atoms with Crippen LogP contribution >= 0.6 is 0 Å². The van der Waals surface area contributed by atoms with Crippen molar-refractivity contribution in [1.82, 2.24) is 0 Å². The van der Waals surface area contributed by atoms with E-state index in [0.717, 1.165) is 19.3 Å². The van der Waals surface area contributed by atoms with Crippen molar-refractivity contribution in [1.29, 1.82) is 0 Å². The minimum atomic E-state index is -0.345. The molecule has 0 aliphatic carbocycles. The fourth-order valence-electron chi connectivity index (χ4n) is 2.94. The van der Waals surface area contributed by atoms with Gasteiger partial charge in [-0.3, -0.25) is 4.79 Å². The molecule has 0 spiro atoms. The van der Waals surface area contributed by atoms with Crippen LogP contribution in [0.25, 0.3) is 0 Å². The summed E-state index contributed by atoms with van der Waals surface area (Å²) in [7, 11) is 0. The molecule has 0 heterocycles. The molecule has 0 aromatic carbocycles. The average molecular weight is 343 g/mol. The maximum atomic E-state index is 11.3. The van der Waals surface area contributed by atoms with Crippen LogP contribution in [0.1, 0.15) is 117 Å². The molecule has 0 saturated carbocycles. The third-order valence-electron chi connectivity index (χ3n) is 4.54. The fraction of sp³-hybridized carbons (Fsp3) is 0.952. The summed E-state index contributed by atoms with van der Waals surface area (Å²) in [5.41, 5.74) is 0. The highest BCUT2D eigenvalue weighted by Crippen LogP contribution is 2.14. The van der Waals surface area contributed by atoms with Gasteiger partial charge < -0.3 is 9.84 Å². The van der Waals surface area contributed by atoms with E-state index in [9.17, 15) is 9.90 Å². The second kappa shape index (κ2) is 18.8. The lowest BCUT2D eigenvalue weighted by atomic mass is 10.0. The van der Waals surface area contributed by atoms with E-state index in [2.05, 4.69) is 6.92 Å². The Morgan fingerprint density at radius 3 is 1.75 bits per heavy atom. The molecule has 144 valence electrons. The summed E-state index contributed by atoms with van der Waals surface area (Å²) in [4.78, 5) is 11.3. The summed E-state index contributed by atoms with van der Waals surface area (Å²) >= 11 is 0. The van der Waals surface area contributed by atoms with Gasteiger partial charge in [0.2, 0.25) is 0 Å². The molecule has 24 heavy (non-hydrogen) atoms. The highest BCUT2D eigenvalue weighted by molar-refractivity contribution is 5.69. The van der Waals surface area contributed by atoms with E-state index >= 15 is 0 Å². The monoisotopic (exact) mass is 342 g/mol. The number of rotatable bonds is 18. The Labute approximate surface area is 150 Å². The summed E-state index contributed by atoms with van der Waals surface area (Å²) in [6.45, 7) is 4.74. The highest BCUT2D eigenvalue weighted by atomic mass is 16.5. The molecule has 0 aromatic heterocycles. The molecule has 0 aliphatic heterocycles. The minimum Gasteiger partial charge on any atom is -0.466 e. The summed E-state index contributed by atoms with van der Waals surface area (Å²) in [6.07, 6.45) is 18.2. The molecule has 1 unspecified atom stereocenters. The summed E-state index contributed by atoms with van der Waals surface area (Å²) in [5, 5.41) is 9.88. The SMILES string of the molecule is CCCCCCCCCCCCCCC(O)CCC(=O)OCCC. The Morgan fingerprint density at radius 2 is 1.25 bits per heavy atom. The van der Waals surface area contributed by atoms with Crippen molar-refractivity contribution in [2.75, 3.05) is 6.61 Å². The van der Waals surface area contributed by atoms with Crippen LogP contribution in [0.3, 0.4) is 0 Å². The van der Waals surface area contributed by atoms with Gasteiger partial charge in [0.1, 0.15) is 0 Å². The molecule has 1 atom stereocenters. The molecule has 0 radical (unpaired) electrons. The second-order valence-electron chi connectivity index (χ2n) is 7.09. The van der Waals surface area contributed by atoms with E-state index in [1.165, 1.54) is 70.6 Å². The fourth-order valence-corrected chi connectivity index (χ4v) is 2.94. The molecule has 0 saturated heterocycles. The van der Waals surface area contributed by atoms with Gasteiger partial charge in [-0.2, -0.15) is 0 Å². The van der Waals surface area contributed by atoms with E-state index in [-0.39, 0.29) is 12.1 Å².